The molecule has 2 fully saturated rings. The van der Waals surface area contributed by atoms with Crippen LogP contribution in [0, 0.1) is 6.92 Å². The number of nitrogens with zero attached hydrogens (tertiary/aromatic N) is 2. The SMILES string of the molecule is Cc1ccc(C(=O)N2CC(C)OC(C)(C)C2)cc1S(=O)(=O)N1CCOCC1. The van der Waals surface area contributed by atoms with Gasteiger partial charge in [0.05, 0.1) is 29.8 Å². The van der Waals surface area contributed by atoms with Crippen LogP contribution in [0.5, 0.6) is 0 Å². The molecule has 150 valence electrons. The molecule has 2 aliphatic rings. The van der Waals surface area contributed by atoms with E-state index < -0.39 is 15.6 Å². The lowest BCUT2D eigenvalue weighted by Gasteiger charge is -2.41. The van der Waals surface area contributed by atoms with E-state index >= 15 is 0 Å². The topological polar surface area (TPSA) is 76.2 Å². The molecule has 3 rings (SSSR count). The predicted molar refractivity (Wildman–Crippen MR) is 101 cm³/mol. The Morgan fingerprint density at radius 1 is 1.22 bits per heavy atom. The zero-order valence-corrected chi connectivity index (χ0v) is 17.2. The maximum Gasteiger partial charge on any atom is 0.254 e. The lowest BCUT2D eigenvalue weighted by atomic mass is 10.0. The van der Waals surface area contributed by atoms with E-state index in [9.17, 15) is 13.2 Å². The number of carbonyl (C=O) groups excluding carboxylic acids is 1. The summed E-state index contributed by atoms with van der Waals surface area (Å²) in [5.41, 5.74) is 0.590. The highest BCUT2D eigenvalue weighted by Crippen LogP contribution is 2.26. The second kappa shape index (κ2) is 7.50. The second-order valence-electron chi connectivity index (χ2n) is 7.87. The van der Waals surface area contributed by atoms with Gasteiger partial charge in [-0.3, -0.25) is 4.79 Å². The lowest BCUT2D eigenvalue weighted by Crippen LogP contribution is -2.53. The van der Waals surface area contributed by atoms with Gasteiger partial charge in [0.1, 0.15) is 0 Å². The van der Waals surface area contributed by atoms with Crippen LogP contribution in [-0.2, 0) is 19.5 Å². The fourth-order valence-corrected chi connectivity index (χ4v) is 5.39. The predicted octanol–water partition coefficient (Wildman–Crippen LogP) is 1.66. The maximum absolute atomic E-state index is 13.0. The number of rotatable bonds is 3. The minimum absolute atomic E-state index is 0.0697. The van der Waals surface area contributed by atoms with Crippen LogP contribution in [0.1, 0.15) is 36.7 Å². The molecule has 1 aromatic carbocycles. The third kappa shape index (κ3) is 4.34. The van der Waals surface area contributed by atoms with Crippen LogP contribution in [-0.4, -0.2) is 74.6 Å². The summed E-state index contributed by atoms with van der Waals surface area (Å²) < 4.78 is 38.6. The van der Waals surface area contributed by atoms with Gasteiger partial charge in [0, 0.05) is 31.7 Å². The first kappa shape index (κ1) is 20.3. The zero-order chi connectivity index (χ0) is 19.8. The number of carbonyl (C=O) groups is 1. The average molecular weight is 397 g/mol. The molecule has 0 radical (unpaired) electrons. The summed E-state index contributed by atoms with van der Waals surface area (Å²) in [5.74, 6) is -0.170. The van der Waals surface area contributed by atoms with E-state index in [1.165, 1.54) is 10.4 Å². The van der Waals surface area contributed by atoms with Crippen LogP contribution in [0.15, 0.2) is 23.1 Å². The van der Waals surface area contributed by atoms with Crippen LogP contribution in [0.4, 0.5) is 0 Å². The van der Waals surface area contributed by atoms with E-state index in [0.717, 1.165) is 0 Å². The first-order chi connectivity index (χ1) is 12.6. The highest BCUT2D eigenvalue weighted by Gasteiger charge is 2.35. The molecule has 0 N–H and O–H groups in total. The Balaban J connectivity index is 1.90. The van der Waals surface area contributed by atoms with Crippen molar-refractivity contribution in [3.05, 3.63) is 29.3 Å². The maximum atomic E-state index is 13.0. The van der Waals surface area contributed by atoms with Gasteiger partial charge in [-0.05, 0) is 45.4 Å². The summed E-state index contributed by atoms with van der Waals surface area (Å²) in [7, 11) is -3.66. The van der Waals surface area contributed by atoms with Gasteiger partial charge >= 0.3 is 0 Å². The van der Waals surface area contributed by atoms with Gasteiger partial charge in [0.15, 0.2) is 0 Å². The van der Waals surface area contributed by atoms with Gasteiger partial charge < -0.3 is 14.4 Å². The normalized spacial score (nSPS) is 24.0. The molecule has 1 amide bonds. The van der Waals surface area contributed by atoms with Crippen molar-refractivity contribution in [3.63, 3.8) is 0 Å². The quantitative estimate of drug-likeness (QED) is 0.777. The van der Waals surface area contributed by atoms with E-state index in [-0.39, 0.29) is 16.9 Å². The minimum atomic E-state index is -3.66. The van der Waals surface area contributed by atoms with Crippen LogP contribution in [0.2, 0.25) is 0 Å². The van der Waals surface area contributed by atoms with Crippen LogP contribution in [0.3, 0.4) is 0 Å². The van der Waals surface area contributed by atoms with E-state index in [1.54, 1.807) is 24.0 Å². The second-order valence-corrected chi connectivity index (χ2v) is 9.78. The summed E-state index contributed by atoms with van der Waals surface area (Å²) >= 11 is 0. The smallest absolute Gasteiger partial charge is 0.254 e. The molecule has 1 aromatic rings. The van der Waals surface area contributed by atoms with Crippen molar-refractivity contribution in [1.82, 2.24) is 9.21 Å². The Bertz CT molecular complexity index is 815. The Morgan fingerprint density at radius 3 is 2.52 bits per heavy atom. The van der Waals surface area contributed by atoms with Gasteiger partial charge in [-0.2, -0.15) is 4.31 Å². The molecule has 1 atom stereocenters. The average Bonchev–Trinajstić information content (AvgIpc) is 2.60. The number of benzene rings is 1. The first-order valence-electron chi connectivity index (χ1n) is 9.26. The molecule has 0 bridgehead atoms. The summed E-state index contributed by atoms with van der Waals surface area (Å²) in [6, 6.07) is 4.91. The van der Waals surface area contributed by atoms with Crippen LogP contribution < -0.4 is 0 Å². The lowest BCUT2D eigenvalue weighted by molar-refractivity contribution is -0.118. The number of hydrogen-bond acceptors (Lipinski definition) is 5. The summed E-state index contributed by atoms with van der Waals surface area (Å²) in [4.78, 5) is 15.0. The third-order valence-corrected chi connectivity index (χ3v) is 6.92. The molecular weight excluding hydrogens is 368 g/mol. The monoisotopic (exact) mass is 396 g/mol. The number of ether oxygens (including phenoxy) is 2. The van der Waals surface area contributed by atoms with Crippen LogP contribution >= 0.6 is 0 Å². The third-order valence-electron chi connectivity index (χ3n) is 4.88. The van der Waals surface area contributed by atoms with Gasteiger partial charge in [0.25, 0.3) is 5.91 Å². The molecule has 0 aliphatic carbocycles. The highest BCUT2D eigenvalue weighted by molar-refractivity contribution is 7.89. The Hall–Kier alpha value is -1.48. The first-order valence-corrected chi connectivity index (χ1v) is 10.7. The molecule has 0 saturated carbocycles. The Morgan fingerprint density at radius 2 is 1.89 bits per heavy atom. The van der Waals surface area contributed by atoms with Crippen molar-refractivity contribution in [2.45, 2.75) is 44.3 Å². The molecular formula is C19H28N2O5S. The largest absolute Gasteiger partial charge is 0.379 e. The molecule has 2 aliphatic heterocycles. The van der Waals surface area contributed by atoms with Crippen molar-refractivity contribution in [3.8, 4) is 0 Å². The van der Waals surface area contributed by atoms with Crippen molar-refractivity contribution >= 4 is 15.9 Å². The standard InChI is InChI=1S/C19H28N2O5S/c1-14-5-6-16(18(22)20-12-15(2)26-19(3,4)13-20)11-17(14)27(23,24)21-7-9-25-10-8-21/h5-6,11,15H,7-10,12-13H2,1-4H3. The van der Waals surface area contributed by atoms with Crippen molar-refractivity contribution in [2.75, 3.05) is 39.4 Å². The number of aryl methyl sites for hydroxylation is 1. The van der Waals surface area contributed by atoms with E-state index in [1.807, 2.05) is 20.8 Å². The number of sulfonamides is 1. The Kier molecular flexibility index (Phi) is 5.63. The summed E-state index contributed by atoms with van der Waals surface area (Å²) in [6.45, 7) is 9.97. The molecule has 7 nitrogen and oxygen atoms in total. The Labute approximate surface area is 161 Å². The molecule has 2 saturated heterocycles. The van der Waals surface area contributed by atoms with Crippen molar-refractivity contribution in [1.29, 1.82) is 0 Å². The fourth-order valence-electron chi connectivity index (χ4n) is 3.73. The number of morpholine rings is 2. The van der Waals surface area contributed by atoms with Crippen LogP contribution in [0.25, 0.3) is 0 Å². The molecule has 8 heteroatoms. The number of amides is 1. The molecule has 2 heterocycles. The van der Waals surface area contributed by atoms with Gasteiger partial charge in [-0.15, -0.1) is 0 Å². The highest BCUT2D eigenvalue weighted by atomic mass is 32.2. The summed E-state index contributed by atoms with van der Waals surface area (Å²) in [6.07, 6.45) is -0.0697. The minimum Gasteiger partial charge on any atom is -0.379 e. The van der Waals surface area contributed by atoms with E-state index in [0.29, 0.717) is 50.5 Å². The molecule has 27 heavy (non-hydrogen) atoms. The van der Waals surface area contributed by atoms with E-state index in [2.05, 4.69) is 0 Å². The molecule has 0 spiro atoms. The fraction of sp³-hybridized carbons (Fsp3) is 0.632. The van der Waals surface area contributed by atoms with Gasteiger partial charge in [0.2, 0.25) is 10.0 Å². The molecule has 0 aromatic heterocycles. The van der Waals surface area contributed by atoms with Crippen molar-refractivity contribution in [2.24, 2.45) is 0 Å². The number of hydrogen-bond donors (Lipinski definition) is 0. The van der Waals surface area contributed by atoms with E-state index in [4.69, 9.17) is 9.47 Å². The molecule has 1 unspecified atom stereocenters. The zero-order valence-electron chi connectivity index (χ0n) is 16.4. The summed E-state index contributed by atoms with van der Waals surface area (Å²) in [5, 5.41) is 0. The van der Waals surface area contributed by atoms with Crippen molar-refractivity contribution < 1.29 is 22.7 Å². The van der Waals surface area contributed by atoms with Gasteiger partial charge in [-0.25, -0.2) is 8.42 Å². The van der Waals surface area contributed by atoms with Gasteiger partial charge in [-0.1, -0.05) is 6.07 Å².